The second-order valence-electron chi connectivity index (χ2n) is 6.82. The highest BCUT2D eigenvalue weighted by Crippen LogP contribution is 2.71. The third kappa shape index (κ3) is 2.02. The number of amides is 1. The van der Waals surface area contributed by atoms with Gasteiger partial charge in [0.15, 0.2) is 0 Å². The molecule has 1 aromatic carbocycles. The molecule has 2 saturated carbocycles. The van der Waals surface area contributed by atoms with Crippen LogP contribution in [0.3, 0.4) is 0 Å². The molecule has 1 amide bonds. The highest BCUT2D eigenvalue weighted by Gasteiger charge is 2.73. The molecule has 2 aliphatic carbocycles. The molecule has 2 fully saturated rings. The summed E-state index contributed by atoms with van der Waals surface area (Å²) in [6.45, 7) is 0.269. The summed E-state index contributed by atoms with van der Waals surface area (Å²) in [5.41, 5.74) is -0.248. The van der Waals surface area contributed by atoms with Crippen molar-refractivity contribution in [2.24, 2.45) is 10.8 Å². The third-order valence-electron chi connectivity index (χ3n) is 5.66. The lowest BCUT2D eigenvalue weighted by atomic mass is 9.91. The van der Waals surface area contributed by atoms with E-state index in [1.165, 1.54) is 6.07 Å². The van der Waals surface area contributed by atoms with Gasteiger partial charge in [0.1, 0.15) is 23.6 Å². The number of carbonyl (C=O) groups excluding carboxylic acids is 1. The minimum Gasteiger partial charge on any atom is -0.491 e. The van der Waals surface area contributed by atoms with Crippen molar-refractivity contribution < 1.29 is 13.9 Å². The van der Waals surface area contributed by atoms with E-state index in [9.17, 15) is 14.4 Å². The molecule has 23 heavy (non-hydrogen) atoms. The summed E-state index contributed by atoms with van der Waals surface area (Å²) in [7, 11) is 0. The smallest absolute Gasteiger partial charge is 0.241 e. The Balaban J connectivity index is 1.56. The van der Waals surface area contributed by atoms with Crippen LogP contribution in [0.25, 0.3) is 0 Å². The first-order valence-corrected chi connectivity index (χ1v) is 8.65. The van der Waals surface area contributed by atoms with E-state index in [2.05, 4.69) is 27.3 Å². The van der Waals surface area contributed by atoms with Gasteiger partial charge in [-0.15, -0.1) is 0 Å². The van der Waals surface area contributed by atoms with Crippen molar-refractivity contribution in [2.45, 2.75) is 38.1 Å². The van der Waals surface area contributed by atoms with E-state index < -0.39 is 11.2 Å². The van der Waals surface area contributed by atoms with Crippen LogP contribution in [0.4, 0.5) is 4.39 Å². The number of carbonyl (C=O) groups is 1. The van der Waals surface area contributed by atoms with Crippen LogP contribution >= 0.6 is 15.9 Å². The van der Waals surface area contributed by atoms with Crippen molar-refractivity contribution >= 4 is 21.8 Å². The summed E-state index contributed by atoms with van der Waals surface area (Å²) < 4.78 is 19.4. The molecule has 0 bridgehead atoms. The number of rotatable bonds is 2. The van der Waals surface area contributed by atoms with Crippen LogP contribution in [0, 0.1) is 28.0 Å². The van der Waals surface area contributed by atoms with E-state index in [1.807, 2.05) is 0 Å². The predicted octanol–water partition coefficient (Wildman–Crippen LogP) is 3.61. The lowest BCUT2D eigenvalue weighted by Crippen LogP contribution is -2.37. The summed E-state index contributed by atoms with van der Waals surface area (Å²) in [5.74, 6) is -0.145. The van der Waals surface area contributed by atoms with Crippen LogP contribution in [0.2, 0.25) is 0 Å². The van der Waals surface area contributed by atoms with Gasteiger partial charge in [-0.25, -0.2) is 4.39 Å². The van der Waals surface area contributed by atoms with E-state index in [1.54, 1.807) is 6.07 Å². The number of halogens is 2. The SMILES string of the molecule is N#C[C@]1(C(=O)N[C@H]2COc3cc(F)c(Br)cc32)CC12CCCC2. The minimum atomic E-state index is -0.885. The molecule has 2 atom stereocenters. The average Bonchev–Trinajstić information content (AvgIpc) is 2.80. The zero-order valence-electron chi connectivity index (χ0n) is 12.5. The average molecular weight is 379 g/mol. The van der Waals surface area contributed by atoms with Gasteiger partial charge >= 0.3 is 0 Å². The van der Waals surface area contributed by atoms with Gasteiger partial charge in [0.2, 0.25) is 5.91 Å². The number of nitrogens with zero attached hydrogens (tertiary/aromatic N) is 1. The zero-order chi connectivity index (χ0) is 16.2. The molecule has 1 N–H and O–H groups in total. The largest absolute Gasteiger partial charge is 0.491 e. The normalized spacial score (nSPS) is 29.7. The fraction of sp³-hybridized carbons (Fsp3) is 0.529. The van der Waals surface area contributed by atoms with Crippen LogP contribution in [-0.2, 0) is 4.79 Å². The second-order valence-corrected chi connectivity index (χ2v) is 7.68. The van der Waals surface area contributed by atoms with Gasteiger partial charge in [0, 0.05) is 17.0 Å². The topological polar surface area (TPSA) is 62.1 Å². The molecule has 0 unspecified atom stereocenters. The number of fused-ring (bicyclic) bond motifs is 1. The van der Waals surface area contributed by atoms with E-state index in [0.717, 1.165) is 31.2 Å². The lowest BCUT2D eigenvalue weighted by molar-refractivity contribution is -0.126. The fourth-order valence-electron chi connectivity index (χ4n) is 4.25. The molecule has 0 radical (unpaired) electrons. The van der Waals surface area contributed by atoms with Gasteiger partial charge in [-0.05, 0) is 41.3 Å². The number of benzene rings is 1. The summed E-state index contributed by atoms with van der Waals surface area (Å²) in [5, 5.41) is 12.6. The fourth-order valence-corrected chi connectivity index (χ4v) is 4.61. The monoisotopic (exact) mass is 378 g/mol. The molecule has 4 rings (SSSR count). The lowest BCUT2D eigenvalue weighted by Gasteiger charge is -2.18. The molecular formula is C17H16BrFN2O2. The van der Waals surface area contributed by atoms with Gasteiger partial charge < -0.3 is 10.1 Å². The number of hydrogen-bond donors (Lipinski definition) is 1. The van der Waals surface area contributed by atoms with Gasteiger partial charge in [0.05, 0.1) is 16.6 Å². The molecule has 1 spiro atoms. The highest BCUT2D eigenvalue weighted by atomic mass is 79.9. The third-order valence-corrected chi connectivity index (χ3v) is 6.27. The molecule has 1 aromatic rings. The molecule has 0 aromatic heterocycles. The molecule has 4 nitrogen and oxygen atoms in total. The minimum absolute atomic E-state index is 0.114. The predicted molar refractivity (Wildman–Crippen MR) is 84.0 cm³/mol. The summed E-state index contributed by atoms with van der Waals surface area (Å²) in [4.78, 5) is 12.8. The number of nitriles is 1. The van der Waals surface area contributed by atoms with Gasteiger partial charge in [0.25, 0.3) is 0 Å². The van der Waals surface area contributed by atoms with Gasteiger partial charge in [-0.3, -0.25) is 4.79 Å². The van der Waals surface area contributed by atoms with Gasteiger partial charge in [-0.1, -0.05) is 12.8 Å². The zero-order valence-corrected chi connectivity index (χ0v) is 14.1. The molecule has 120 valence electrons. The molecule has 1 aliphatic heterocycles. The molecule has 6 heteroatoms. The second kappa shape index (κ2) is 4.94. The molecule has 1 heterocycles. The first-order chi connectivity index (χ1) is 11.0. The Morgan fingerprint density at radius 3 is 2.87 bits per heavy atom. The first kappa shape index (κ1) is 14.9. The Labute approximate surface area is 142 Å². The number of hydrogen-bond acceptors (Lipinski definition) is 3. The maximum atomic E-state index is 13.6. The van der Waals surface area contributed by atoms with Crippen molar-refractivity contribution in [1.82, 2.24) is 5.32 Å². The summed E-state index contributed by atoms with van der Waals surface area (Å²) in [6, 6.07) is 4.91. The Kier molecular flexibility index (Phi) is 3.21. The first-order valence-electron chi connectivity index (χ1n) is 7.85. The van der Waals surface area contributed by atoms with Crippen molar-refractivity contribution in [1.29, 1.82) is 5.26 Å². The van der Waals surface area contributed by atoms with Crippen LogP contribution in [0.1, 0.15) is 43.7 Å². The standard InChI is InChI=1S/C17H16BrFN2O2/c18-11-5-10-13(7-23-14(10)6-12(11)19)21-15(22)17(9-20)8-16(17)3-1-2-4-16/h5-6,13H,1-4,7-8H2,(H,21,22)/t13-,17-/m0/s1. The Morgan fingerprint density at radius 1 is 1.43 bits per heavy atom. The van der Waals surface area contributed by atoms with Crippen LogP contribution in [0.15, 0.2) is 16.6 Å². The van der Waals surface area contributed by atoms with E-state index in [0.29, 0.717) is 16.6 Å². The van der Waals surface area contributed by atoms with Gasteiger partial charge in [-0.2, -0.15) is 5.26 Å². The maximum absolute atomic E-state index is 13.6. The Bertz CT molecular complexity index is 739. The number of nitrogens with one attached hydrogen (secondary N) is 1. The van der Waals surface area contributed by atoms with E-state index in [-0.39, 0.29) is 24.0 Å². The van der Waals surface area contributed by atoms with Crippen LogP contribution in [0.5, 0.6) is 5.75 Å². The highest BCUT2D eigenvalue weighted by molar-refractivity contribution is 9.10. The Hall–Kier alpha value is -1.61. The molecule has 3 aliphatic rings. The van der Waals surface area contributed by atoms with Crippen LogP contribution < -0.4 is 10.1 Å². The Morgan fingerprint density at radius 2 is 2.17 bits per heavy atom. The van der Waals surface area contributed by atoms with Crippen molar-refractivity contribution in [2.75, 3.05) is 6.61 Å². The van der Waals surface area contributed by atoms with Crippen molar-refractivity contribution in [3.05, 3.63) is 28.0 Å². The van der Waals surface area contributed by atoms with E-state index in [4.69, 9.17) is 4.74 Å². The van der Waals surface area contributed by atoms with Crippen LogP contribution in [-0.4, -0.2) is 12.5 Å². The van der Waals surface area contributed by atoms with Crippen molar-refractivity contribution in [3.63, 3.8) is 0 Å². The number of ether oxygens (including phenoxy) is 1. The van der Waals surface area contributed by atoms with E-state index >= 15 is 0 Å². The maximum Gasteiger partial charge on any atom is 0.241 e. The molecular weight excluding hydrogens is 363 g/mol. The quantitative estimate of drug-likeness (QED) is 0.854. The molecule has 0 saturated heterocycles. The summed E-state index contributed by atoms with van der Waals surface area (Å²) >= 11 is 3.16. The van der Waals surface area contributed by atoms with Crippen molar-refractivity contribution in [3.8, 4) is 11.8 Å². The summed E-state index contributed by atoms with van der Waals surface area (Å²) in [6.07, 6.45) is 4.78.